The molecule has 0 bridgehead atoms. The van der Waals surface area contributed by atoms with Crippen LogP contribution in [-0.4, -0.2) is 42.6 Å². The SMILES string of the molecule is CSC(=O)C(C)(c1ccccc1)N1CCOCC1. The molecular weight excluding hydrogens is 246 g/mol. The lowest BCUT2D eigenvalue weighted by molar-refractivity contribution is -0.125. The number of hydrogen-bond donors (Lipinski definition) is 0. The Hall–Kier alpha value is -0.840. The lowest BCUT2D eigenvalue weighted by atomic mass is 9.91. The summed E-state index contributed by atoms with van der Waals surface area (Å²) < 4.78 is 5.38. The molecule has 0 radical (unpaired) electrons. The van der Waals surface area contributed by atoms with Crippen LogP contribution in [0.2, 0.25) is 0 Å². The van der Waals surface area contributed by atoms with E-state index in [1.807, 2.05) is 43.5 Å². The van der Waals surface area contributed by atoms with Gasteiger partial charge in [0.05, 0.1) is 13.2 Å². The summed E-state index contributed by atoms with van der Waals surface area (Å²) in [5.74, 6) is 0. The van der Waals surface area contributed by atoms with Crippen molar-refractivity contribution in [3.63, 3.8) is 0 Å². The molecule has 3 nitrogen and oxygen atoms in total. The molecule has 1 aromatic rings. The molecule has 0 N–H and O–H groups in total. The van der Waals surface area contributed by atoms with Gasteiger partial charge in [0.2, 0.25) is 5.12 Å². The summed E-state index contributed by atoms with van der Waals surface area (Å²) in [4.78, 5) is 14.6. The Morgan fingerprint density at radius 2 is 1.89 bits per heavy atom. The van der Waals surface area contributed by atoms with Crippen molar-refractivity contribution in [1.82, 2.24) is 4.90 Å². The number of thioether (sulfide) groups is 1. The Morgan fingerprint density at radius 1 is 1.28 bits per heavy atom. The van der Waals surface area contributed by atoms with Crippen LogP contribution in [-0.2, 0) is 15.1 Å². The van der Waals surface area contributed by atoms with Crippen molar-refractivity contribution < 1.29 is 9.53 Å². The van der Waals surface area contributed by atoms with Gasteiger partial charge in [0.1, 0.15) is 5.54 Å². The Balaban J connectivity index is 2.36. The fourth-order valence-corrected chi connectivity index (χ4v) is 3.05. The second-order valence-corrected chi connectivity index (χ2v) is 5.31. The molecule has 0 spiro atoms. The van der Waals surface area contributed by atoms with E-state index in [1.165, 1.54) is 11.8 Å². The second-order valence-electron chi connectivity index (χ2n) is 4.53. The summed E-state index contributed by atoms with van der Waals surface area (Å²) in [5, 5.41) is 0.190. The predicted octanol–water partition coefficient (Wildman–Crippen LogP) is 2.12. The highest BCUT2D eigenvalue weighted by molar-refractivity contribution is 8.13. The van der Waals surface area contributed by atoms with Gasteiger partial charge in [-0.3, -0.25) is 9.69 Å². The third-order valence-electron chi connectivity index (χ3n) is 3.56. The van der Waals surface area contributed by atoms with Gasteiger partial charge in [-0.05, 0) is 18.7 Å². The number of nitrogens with zero attached hydrogens (tertiary/aromatic N) is 1. The van der Waals surface area contributed by atoms with Crippen LogP contribution < -0.4 is 0 Å². The minimum atomic E-state index is -0.551. The summed E-state index contributed by atoms with van der Waals surface area (Å²) in [7, 11) is 0. The van der Waals surface area contributed by atoms with E-state index in [1.54, 1.807) is 0 Å². The zero-order valence-corrected chi connectivity index (χ0v) is 11.7. The van der Waals surface area contributed by atoms with Crippen LogP contribution in [0.4, 0.5) is 0 Å². The minimum Gasteiger partial charge on any atom is -0.379 e. The van der Waals surface area contributed by atoms with Gasteiger partial charge in [-0.2, -0.15) is 0 Å². The Kier molecular flexibility index (Phi) is 4.43. The van der Waals surface area contributed by atoms with Crippen molar-refractivity contribution in [3.8, 4) is 0 Å². The number of benzene rings is 1. The molecule has 1 aliphatic heterocycles. The summed E-state index contributed by atoms with van der Waals surface area (Å²) >= 11 is 1.30. The molecule has 4 heteroatoms. The maximum atomic E-state index is 12.4. The fourth-order valence-electron chi connectivity index (χ4n) is 2.40. The number of carbonyl (C=O) groups is 1. The summed E-state index contributed by atoms with van der Waals surface area (Å²) in [6, 6.07) is 10.0. The minimum absolute atomic E-state index is 0.190. The number of hydrogen-bond acceptors (Lipinski definition) is 4. The van der Waals surface area contributed by atoms with Gasteiger partial charge in [0.15, 0.2) is 0 Å². The van der Waals surface area contributed by atoms with Gasteiger partial charge < -0.3 is 4.74 Å². The van der Waals surface area contributed by atoms with Gasteiger partial charge >= 0.3 is 0 Å². The van der Waals surface area contributed by atoms with Crippen LogP contribution in [0.1, 0.15) is 12.5 Å². The highest BCUT2D eigenvalue weighted by Gasteiger charge is 2.40. The van der Waals surface area contributed by atoms with Gasteiger partial charge in [-0.15, -0.1) is 0 Å². The van der Waals surface area contributed by atoms with Crippen LogP contribution in [0.15, 0.2) is 30.3 Å². The average Bonchev–Trinajstić information content (AvgIpc) is 2.47. The van der Waals surface area contributed by atoms with Crippen molar-refractivity contribution in [2.75, 3.05) is 32.6 Å². The third kappa shape index (κ3) is 2.46. The molecule has 1 saturated heterocycles. The van der Waals surface area contributed by atoms with Crippen LogP contribution in [0.3, 0.4) is 0 Å². The molecule has 98 valence electrons. The van der Waals surface area contributed by atoms with Crippen LogP contribution >= 0.6 is 11.8 Å². The molecule has 18 heavy (non-hydrogen) atoms. The molecule has 1 fully saturated rings. The standard InChI is InChI=1S/C14H19NO2S/c1-14(13(16)18-2,12-6-4-3-5-7-12)15-8-10-17-11-9-15/h3-7H,8-11H2,1-2H3. The summed E-state index contributed by atoms with van der Waals surface area (Å²) in [6.07, 6.45) is 1.85. The lowest BCUT2D eigenvalue weighted by Crippen LogP contribution is -2.53. The van der Waals surface area contributed by atoms with Gasteiger partial charge in [-0.25, -0.2) is 0 Å². The lowest BCUT2D eigenvalue weighted by Gasteiger charge is -2.41. The largest absolute Gasteiger partial charge is 0.379 e. The molecule has 0 aliphatic carbocycles. The number of morpholine rings is 1. The summed E-state index contributed by atoms with van der Waals surface area (Å²) in [5.41, 5.74) is 0.510. The van der Waals surface area contributed by atoms with E-state index < -0.39 is 5.54 Å². The van der Waals surface area contributed by atoms with E-state index in [-0.39, 0.29) is 5.12 Å². The fraction of sp³-hybridized carbons (Fsp3) is 0.500. The van der Waals surface area contributed by atoms with Crippen LogP contribution in [0.5, 0.6) is 0 Å². The van der Waals surface area contributed by atoms with Crippen molar-refractivity contribution in [1.29, 1.82) is 0 Å². The van der Waals surface area contributed by atoms with Crippen molar-refractivity contribution in [2.24, 2.45) is 0 Å². The first-order valence-corrected chi connectivity index (χ1v) is 7.39. The molecule has 1 atom stereocenters. The first-order valence-electron chi connectivity index (χ1n) is 6.16. The molecule has 0 saturated carbocycles. The Bertz CT molecular complexity index is 404. The van der Waals surface area contributed by atoms with Gasteiger partial charge in [-0.1, -0.05) is 42.1 Å². The Labute approximate surface area is 113 Å². The van der Waals surface area contributed by atoms with Gasteiger partial charge in [0.25, 0.3) is 0 Å². The smallest absolute Gasteiger partial charge is 0.213 e. The third-order valence-corrected chi connectivity index (χ3v) is 4.33. The van der Waals surface area contributed by atoms with E-state index in [2.05, 4.69) is 4.90 Å². The molecule has 1 aromatic carbocycles. The molecule has 0 aromatic heterocycles. The van der Waals surface area contributed by atoms with E-state index in [4.69, 9.17) is 4.74 Å². The number of ether oxygens (including phenoxy) is 1. The number of carbonyl (C=O) groups excluding carboxylic acids is 1. The first-order chi connectivity index (χ1) is 8.69. The van der Waals surface area contributed by atoms with Gasteiger partial charge in [0, 0.05) is 13.1 Å². The maximum absolute atomic E-state index is 12.4. The first kappa shape index (κ1) is 13.6. The van der Waals surface area contributed by atoms with Crippen molar-refractivity contribution in [3.05, 3.63) is 35.9 Å². The molecule has 0 amide bonds. The normalized spacial score (nSPS) is 20.3. The van der Waals surface area contributed by atoms with Crippen LogP contribution in [0, 0.1) is 0 Å². The van der Waals surface area contributed by atoms with Crippen molar-refractivity contribution in [2.45, 2.75) is 12.5 Å². The monoisotopic (exact) mass is 265 g/mol. The topological polar surface area (TPSA) is 29.5 Å². The molecule has 1 aliphatic rings. The molecule has 1 unspecified atom stereocenters. The molecular formula is C14H19NO2S. The summed E-state index contributed by atoms with van der Waals surface area (Å²) in [6.45, 7) is 5.02. The van der Waals surface area contributed by atoms with E-state index in [0.29, 0.717) is 13.2 Å². The van der Waals surface area contributed by atoms with E-state index in [0.717, 1.165) is 18.7 Å². The highest BCUT2D eigenvalue weighted by Crippen LogP contribution is 2.33. The zero-order chi connectivity index (χ0) is 13.0. The highest BCUT2D eigenvalue weighted by atomic mass is 32.2. The maximum Gasteiger partial charge on any atom is 0.213 e. The second kappa shape index (κ2) is 5.87. The number of rotatable bonds is 3. The van der Waals surface area contributed by atoms with E-state index in [9.17, 15) is 4.79 Å². The quantitative estimate of drug-likeness (QED) is 0.837. The predicted molar refractivity (Wildman–Crippen MR) is 74.7 cm³/mol. The molecule has 2 rings (SSSR count). The van der Waals surface area contributed by atoms with E-state index >= 15 is 0 Å². The average molecular weight is 265 g/mol. The van der Waals surface area contributed by atoms with Crippen molar-refractivity contribution >= 4 is 16.9 Å². The Morgan fingerprint density at radius 3 is 2.44 bits per heavy atom. The van der Waals surface area contributed by atoms with Crippen LogP contribution in [0.25, 0.3) is 0 Å². The molecule has 1 heterocycles. The zero-order valence-electron chi connectivity index (χ0n) is 10.9.